The fourth-order valence-electron chi connectivity index (χ4n) is 11.7. The summed E-state index contributed by atoms with van der Waals surface area (Å²) < 4.78 is 25.4. The lowest BCUT2D eigenvalue weighted by atomic mass is 9.44. The molecule has 4 N–H and O–H groups in total. The van der Waals surface area contributed by atoms with Crippen molar-refractivity contribution >= 4 is 0 Å². The van der Waals surface area contributed by atoms with Crippen molar-refractivity contribution < 1.29 is 39.4 Å². The van der Waals surface area contributed by atoms with Gasteiger partial charge in [0.1, 0.15) is 24.4 Å². The Morgan fingerprint density at radius 2 is 1.61 bits per heavy atom. The summed E-state index contributed by atoms with van der Waals surface area (Å²) in [6, 6.07) is 0. The molecule has 17 atom stereocenters. The Morgan fingerprint density at radius 1 is 0.829 bits per heavy atom. The maximum Gasteiger partial charge on any atom is 0.186 e. The van der Waals surface area contributed by atoms with Crippen molar-refractivity contribution in [3.05, 3.63) is 0 Å². The Balaban J connectivity index is 1.03. The van der Waals surface area contributed by atoms with Gasteiger partial charge in [0.25, 0.3) is 0 Å². The van der Waals surface area contributed by atoms with E-state index in [0.29, 0.717) is 35.2 Å². The van der Waals surface area contributed by atoms with E-state index in [0.717, 1.165) is 50.0 Å². The Labute approximate surface area is 245 Å². The van der Waals surface area contributed by atoms with E-state index < -0.39 is 37.3 Å². The summed E-state index contributed by atoms with van der Waals surface area (Å²) in [7, 11) is 0. The van der Waals surface area contributed by atoms with Crippen LogP contribution in [0.1, 0.15) is 91.9 Å². The summed E-state index contributed by atoms with van der Waals surface area (Å²) in [5.74, 6) is 4.08. The lowest BCUT2D eigenvalue weighted by Gasteiger charge is -2.61. The van der Waals surface area contributed by atoms with Gasteiger partial charge in [-0.3, -0.25) is 0 Å². The number of aliphatic hydroxyl groups is 4. The first kappa shape index (κ1) is 29.4. The second-order valence-electron chi connectivity index (χ2n) is 15.9. The highest BCUT2D eigenvalue weighted by atomic mass is 16.7. The standard InChI is InChI=1S/C33H54O8/c1-17-7-12-33(38-16-17)18(2)26-24(41-33)14-23-21-6-5-19-13-20(8-10-31(19,3)22(21)9-11-32(23,26)4)39-30-29(37)28(36)27(35)25(15-34)40-30/h17-30,34-37H,5-16H2,1-4H3/t17-,18+,19+,20+,21-,22+,23+,24+,25-,26+,27-,28+,29-,30-,31+,32+,33-/m1/s1. The first-order valence-electron chi connectivity index (χ1n) is 16.8. The van der Waals surface area contributed by atoms with Crippen molar-refractivity contribution in [3.8, 4) is 0 Å². The lowest BCUT2D eigenvalue weighted by Crippen LogP contribution is -2.60. The van der Waals surface area contributed by atoms with Crippen LogP contribution in [-0.4, -0.2) is 82.3 Å². The molecule has 3 aliphatic heterocycles. The van der Waals surface area contributed by atoms with Gasteiger partial charge in [0.05, 0.1) is 25.4 Å². The third-order valence-corrected chi connectivity index (χ3v) is 14.1. The van der Waals surface area contributed by atoms with Gasteiger partial charge in [-0.05, 0) is 104 Å². The molecule has 7 aliphatic rings. The van der Waals surface area contributed by atoms with Crippen molar-refractivity contribution in [2.24, 2.45) is 52.3 Å². The Kier molecular flexibility index (Phi) is 7.43. The SMILES string of the molecule is C[C@@H]1CC[C@@]2(OC1)O[C@H]1C[C@H]3[C@@H]4CC[C@H]5C[C@@H](O[C@@H]6O[C@H](CO)[C@@H](O)[C@H](O)[C@H]6O)CC[C@]5(C)[C@H]4CC[C@]3(C)[C@H]1[C@@H]2C. The molecule has 4 aliphatic carbocycles. The molecule has 8 nitrogen and oxygen atoms in total. The highest BCUT2D eigenvalue weighted by Gasteiger charge is 2.69. The second kappa shape index (κ2) is 10.4. The average molecular weight is 579 g/mol. The van der Waals surface area contributed by atoms with Gasteiger partial charge in [-0.15, -0.1) is 0 Å². The molecule has 234 valence electrons. The minimum Gasteiger partial charge on any atom is -0.394 e. The van der Waals surface area contributed by atoms with Gasteiger partial charge in [0.2, 0.25) is 0 Å². The highest BCUT2D eigenvalue weighted by molar-refractivity contribution is 5.15. The van der Waals surface area contributed by atoms with Crippen LogP contribution >= 0.6 is 0 Å². The van der Waals surface area contributed by atoms with Gasteiger partial charge < -0.3 is 39.4 Å². The fraction of sp³-hybridized carbons (Fsp3) is 1.00. The second-order valence-corrected chi connectivity index (χ2v) is 15.9. The zero-order chi connectivity index (χ0) is 28.9. The van der Waals surface area contributed by atoms with Gasteiger partial charge in [-0.2, -0.15) is 0 Å². The molecule has 41 heavy (non-hydrogen) atoms. The van der Waals surface area contributed by atoms with Gasteiger partial charge in [-0.25, -0.2) is 0 Å². The zero-order valence-corrected chi connectivity index (χ0v) is 25.5. The van der Waals surface area contributed by atoms with Crippen LogP contribution in [0.4, 0.5) is 0 Å². The summed E-state index contributed by atoms with van der Waals surface area (Å²) >= 11 is 0. The molecule has 0 radical (unpaired) electrons. The minimum atomic E-state index is -1.40. The highest BCUT2D eigenvalue weighted by Crippen LogP contribution is 2.71. The van der Waals surface area contributed by atoms with E-state index in [9.17, 15) is 20.4 Å². The molecule has 0 aromatic rings. The monoisotopic (exact) mass is 578 g/mol. The average Bonchev–Trinajstić information content (AvgIpc) is 3.40. The van der Waals surface area contributed by atoms with E-state index in [1.165, 1.54) is 38.5 Å². The van der Waals surface area contributed by atoms with Crippen molar-refractivity contribution in [2.75, 3.05) is 13.2 Å². The van der Waals surface area contributed by atoms with E-state index >= 15 is 0 Å². The van der Waals surface area contributed by atoms with Crippen LogP contribution in [0, 0.1) is 52.3 Å². The van der Waals surface area contributed by atoms with E-state index in [4.69, 9.17) is 18.9 Å². The van der Waals surface area contributed by atoms with Crippen LogP contribution in [0.3, 0.4) is 0 Å². The van der Waals surface area contributed by atoms with E-state index in [1.807, 2.05) is 0 Å². The van der Waals surface area contributed by atoms with Gasteiger partial charge in [-0.1, -0.05) is 27.7 Å². The summed E-state index contributed by atoms with van der Waals surface area (Å²) in [4.78, 5) is 0. The maximum absolute atomic E-state index is 10.5. The third kappa shape index (κ3) is 4.36. The molecule has 4 saturated carbocycles. The number of aliphatic hydroxyl groups excluding tert-OH is 4. The molecule has 1 spiro atoms. The summed E-state index contributed by atoms with van der Waals surface area (Å²) in [6.07, 6.45) is 5.64. The molecule has 3 heterocycles. The van der Waals surface area contributed by atoms with Crippen LogP contribution < -0.4 is 0 Å². The van der Waals surface area contributed by atoms with Gasteiger partial charge in [0, 0.05) is 12.3 Å². The molecule has 0 amide bonds. The van der Waals surface area contributed by atoms with Crippen molar-refractivity contribution in [2.45, 2.75) is 141 Å². The summed E-state index contributed by atoms with van der Waals surface area (Å²) in [5.41, 5.74) is 0.612. The summed E-state index contributed by atoms with van der Waals surface area (Å²) in [5, 5.41) is 40.4. The molecule has 0 bridgehead atoms. The predicted molar refractivity (Wildman–Crippen MR) is 150 cm³/mol. The Morgan fingerprint density at radius 3 is 2.34 bits per heavy atom. The topological polar surface area (TPSA) is 118 Å². The van der Waals surface area contributed by atoms with Crippen LogP contribution in [-0.2, 0) is 18.9 Å². The number of rotatable bonds is 3. The Bertz CT molecular complexity index is 967. The maximum atomic E-state index is 10.5. The number of ether oxygens (including phenoxy) is 4. The fourth-order valence-corrected chi connectivity index (χ4v) is 11.7. The molecule has 0 aromatic heterocycles. The first-order chi connectivity index (χ1) is 19.5. The van der Waals surface area contributed by atoms with Crippen LogP contribution in [0.5, 0.6) is 0 Å². The van der Waals surface area contributed by atoms with Gasteiger partial charge in [0.15, 0.2) is 12.1 Å². The van der Waals surface area contributed by atoms with Crippen LogP contribution in [0.25, 0.3) is 0 Å². The molecule has 0 unspecified atom stereocenters. The Hall–Kier alpha value is -0.320. The molecule has 8 heteroatoms. The normalized spacial score (nSPS) is 60.3. The molecular formula is C33H54O8. The van der Waals surface area contributed by atoms with Gasteiger partial charge >= 0.3 is 0 Å². The zero-order valence-electron chi connectivity index (χ0n) is 25.5. The number of hydrogen-bond donors (Lipinski definition) is 4. The van der Waals surface area contributed by atoms with E-state index in [-0.39, 0.29) is 17.3 Å². The largest absolute Gasteiger partial charge is 0.394 e. The lowest BCUT2D eigenvalue weighted by molar-refractivity contribution is -0.316. The molecule has 0 aromatic carbocycles. The molecule has 3 saturated heterocycles. The van der Waals surface area contributed by atoms with E-state index in [2.05, 4.69) is 27.7 Å². The van der Waals surface area contributed by atoms with Crippen LogP contribution in [0.15, 0.2) is 0 Å². The van der Waals surface area contributed by atoms with Crippen molar-refractivity contribution in [3.63, 3.8) is 0 Å². The molecule has 7 rings (SSSR count). The first-order valence-corrected chi connectivity index (χ1v) is 16.8. The number of hydrogen-bond acceptors (Lipinski definition) is 8. The quantitative estimate of drug-likeness (QED) is 0.375. The van der Waals surface area contributed by atoms with Crippen LogP contribution in [0.2, 0.25) is 0 Å². The minimum absolute atomic E-state index is 0.0607. The molecular weight excluding hydrogens is 524 g/mol. The smallest absolute Gasteiger partial charge is 0.186 e. The van der Waals surface area contributed by atoms with Crippen molar-refractivity contribution in [1.82, 2.24) is 0 Å². The number of fused-ring (bicyclic) bond motifs is 7. The van der Waals surface area contributed by atoms with Crippen molar-refractivity contribution in [1.29, 1.82) is 0 Å². The van der Waals surface area contributed by atoms with E-state index in [1.54, 1.807) is 0 Å². The third-order valence-electron chi connectivity index (χ3n) is 14.1. The summed E-state index contributed by atoms with van der Waals surface area (Å²) in [6.45, 7) is 10.3. The predicted octanol–water partition coefficient (Wildman–Crippen LogP) is 3.62. The molecule has 7 fully saturated rings.